The summed E-state index contributed by atoms with van der Waals surface area (Å²) < 4.78 is 59.5. The molecule has 0 N–H and O–H groups in total. The molecule has 0 saturated heterocycles. The largest absolute Gasteiger partial charge is 0.464 e. The number of rotatable bonds is 5. The molecule has 0 radical (unpaired) electrons. The van der Waals surface area contributed by atoms with E-state index in [1.807, 2.05) is 19.9 Å². The van der Waals surface area contributed by atoms with Crippen LogP contribution in [0, 0.1) is 12.7 Å². The lowest BCUT2D eigenvalue weighted by molar-refractivity contribution is -0.137. The van der Waals surface area contributed by atoms with E-state index in [2.05, 4.69) is 10.1 Å². The summed E-state index contributed by atoms with van der Waals surface area (Å²) in [6, 6.07) is 10.5. The number of alkyl halides is 3. The normalized spacial score (nSPS) is 11.4. The van der Waals surface area contributed by atoms with Gasteiger partial charge in [-0.15, -0.1) is 0 Å². The van der Waals surface area contributed by atoms with Crippen molar-refractivity contribution in [1.29, 1.82) is 0 Å². The number of hydrogen-bond donors (Lipinski definition) is 0. The highest BCUT2D eigenvalue weighted by atomic mass is 32.1. The maximum Gasteiger partial charge on any atom is 0.416 e. The first-order valence-corrected chi connectivity index (χ1v) is 11.6. The molecule has 0 amide bonds. The van der Waals surface area contributed by atoms with Crippen molar-refractivity contribution >= 4 is 23.4 Å². The van der Waals surface area contributed by atoms with Gasteiger partial charge < -0.3 is 4.74 Å². The Bertz CT molecular complexity index is 1460. The first kappa shape index (κ1) is 25.3. The molecule has 2 heterocycles. The van der Waals surface area contributed by atoms with E-state index < -0.39 is 23.5 Å². The van der Waals surface area contributed by atoms with Gasteiger partial charge in [-0.25, -0.2) is 14.2 Å². The first-order valence-electron chi connectivity index (χ1n) is 10.8. The quantitative estimate of drug-likeness (QED) is 0.206. The highest BCUT2D eigenvalue weighted by Gasteiger charge is 2.31. The molecule has 4 aromatic rings. The van der Waals surface area contributed by atoms with Gasteiger partial charge in [0.25, 0.3) is 0 Å². The van der Waals surface area contributed by atoms with Gasteiger partial charge in [0.05, 0.1) is 28.9 Å². The second kappa shape index (κ2) is 9.69. The summed E-state index contributed by atoms with van der Waals surface area (Å²) in [5, 5.41) is 4.81. The molecule has 4 rings (SSSR count). The van der Waals surface area contributed by atoms with Gasteiger partial charge >= 0.3 is 12.1 Å². The minimum atomic E-state index is -4.45. The second-order valence-electron chi connectivity index (χ2n) is 8.23. The zero-order valence-corrected chi connectivity index (χ0v) is 20.6. The molecule has 2 aromatic carbocycles. The van der Waals surface area contributed by atoms with Crippen molar-refractivity contribution in [2.24, 2.45) is 0 Å². The number of halogens is 4. The average Bonchev–Trinajstić information content (AvgIpc) is 3.38. The van der Waals surface area contributed by atoms with Crippen molar-refractivity contribution in [3.8, 4) is 27.5 Å². The number of methoxy groups -OCH3 is 1. The third-order valence-corrected chi connectivity index (χ3v) is 6.26. The van der Waals surface area contributed by atoms with E-state index in [1.54, 1.807) is 13.0 Å². The van der Waals surface area contributed by atoms with Crippen LogP contribution in [-0.4, -0.2) is 27.8 Å². The van der Waals surface area contributed by atoms with Crippen LogP contribution in [0.4, 0.5) is 17.6 Å². The van der Waals surface area contributed by atoms with Crippen LogP contribution in [0.2, 0.25) is 0 Å². The van der Waals surface area contributed by atoms with Gasteiger partial charge in [0, 0.05) is 11.1 Å². The number of carbonyl (C=O) groups excluding carboxylic acids is 1. The lowest BCUT2D eigenvalue weighted by Crippen LogP contribution is -2.11. The third-order valence-electron chi connectivity index (χ3n) is 5.28. The predicted molar refractivity (Wildman–Crippen MR) is 130 cm³/mol. The zero-order chi connectivity index (χ0) is 26.2. The number of benzene rings is 2. The van der Waals surface area contributed by atoms with Crippen molar-refractivity contribution in [3.05, 3.63) is 81.7 Å². The average molecular weight is 516 g/mol. The molecule has 0 fully saturated rings. The molecule has 0 unspecified atom stereocenters. The highest BCUT2D eigenvalue weighted by molar-refractivity contribution is 7.15. The van der Waals surface area contributed by atoms with Gasteiger partial charge in [0.15, 0.2) is 5.69 Å². The summed E-state index contributed by atoms with van der Waals surface area (Å²) in [4.78, 5) is 18.2. The Balaban J connectivity index is 1.92. The first-order chi connectivity index (χ1) is 17.0. The fraction of sp³-hybridized carbons (Fsp3) is 0.192. The van der Waals surface area contributed by atoms with Crippen LogP contribution in [0.15, 0.2) is 54.1 Å². The van der Waals surface area contributed by atoms with Crippen LogP contribution >= 0.6 is 11.3 Å². The van der Waals surface area contributed by atoms with Gasteiger partial charge in [-0.1, -0.05) is 41.2 Å². The molecule has 0 aliphatic carbocycles. The van der Waals surface area contributed by atoms with Gasteiger partial charge in [-0.2, -0.15) is 23.0 Å². The molecule has 2 aromatic heterocycles. The van der Waals surface area contributed by atoms with Crippen LogP contribution in [0.5, 0.6) is 0 Å². The number of ether oxygens (including phenoxy) is 1. The van der Waals surface area contributed by atoms with Gasteiger partial charge in [0.1, 0.15) is 5.82 Å². The number of thiazole rings is 1. The van der Waals surface area contributed by atoms with Gasteiger partial charge in [-0.3, -0.25) is 0 Å². The Kier molecular flexibility index (Phi) is 6.81. The molecule has 5 nitrogen and oxygen atoms in total. The lowest BCUT2D eigenvalue weighted by Gasteiger charge is -2.07. The number of aryl methyl sites for hydroxylation is 1. The van der Waals surface area contributed by atoms with Crippen LogP contribution < -0.4 is 0 Å². The van der Waals surface area contributed by atoms with Crippen LogP contribution in [0.25, 0.3) is 33.6 Å². The monoisotopic (exact) mass is 515 g/mol. The molecular formula is C26H21F4N3O2S. The molecule has 0 atom stereocenters. The SMILES string of the molecule is COC(=O)c1c(-c2cccc(F)c2)c(C)nn1-c1nc(-c2ccc(C(F)(F)F)cc2)c(C=C(C)C)s1. The smallest absolute Gasteiger partial charge is 0.416 e. The van der Waals surface area contributed by atoms with E-state index in [9.17, 15) is 22.4 Å². The summed E-state index contributed by atoms with van der Waals surface area (Å²) in [6.45, 7) is 5.45. The standard InChI is InChI=1S/C26H21F4N3O2S/c1-14(2)12-20-22(16-8-10-18(11-9-16)26(28,29)30)31-25(36-20)33-23(24(34)35-4)21(15(3)32-33)17-6-5-7-19(27)13-17/h5-13H,1-4H3. The number of aromatic nitrogens is 3. The minimum absolute atomic E-state index is 0.0667. The molecular weight excluding hydrogens is 494 g/mol. The fourth-order valence-electron chi connectivity index (χ4n) is 3.74. The summed E-state index contributed by atoms with van der Waals surface area (Å²) >= 11 is 1.22. The molecule has 0 saturated carbocycles. The van der Waals surface area contributed by atoms with E-state index in [1.165, 1.54) is 53.5 Å². The molecule has 0 spiro atoms. The van der Waals surface area contributed by atoms with E-state index in [-0.39, 0.29) is 5.69 Å². The number of esters is 1. The zero-order valence-electron chi connectivity index (χ0n) is 19.8. The van der Waals surface area contributed by atoms with Crippen LogP contribution in [0.1, 0.15) is 40.5 Å². The van der Waals surface area contributed by atoms with Crippen molar-refractivity contribution in [2.75, 3.05) is 7.11 Å². The number of allylic oxidation sites excluding steroid dienone is 1. The molecule has 0 aliphatic rings. The van der Waals surface area contributed by atoms with Crippen molar-refractivity contribution in [2.45, 2.75) is 26.9 Å². The van der Waals surface area contributed by atoms with E-state index in [0.717, 1.165) is 17.7 Å². The summed E-state index contributed by atoms with van der Waals surface area (Å²) in [7, 11) is 1.23. The third kappa shape index (κ3) is 4.94. The summed E-state index contributed by atoms with van der Waals surface area (Å²) in [5.74, 6) is -1.16. The highest BCUT2D eigenvalue weighted by Crippen LogP contribution is 2.37. The number of nitrogens with zero attached hydrogens (tertiary/aromatic N) is 3. The van der Waals surface area contributed by atoms with Crippen molar-refractivity contribution in [1.82, 2.24) is 14.8 Å². The molecule has 186 valence electrons. The maximum atomic E-state index is 14.0. The Morgan fingerprint density at radius 2 is 1.78 bits per heavy atom. The predicted octanol–water partition coefficient (Wildman–Crippen LogP) is 7.34. The van der Waals surface area contributed by atoms with E-state index >= 15 is 0 Å². The Morgan fingerprint density at radius 1 is 1.08 bits per heavy atom. The molecule has 0 aliphatic heterocycles. The van der Waals surface area contributed by atoms with E-state index in [4.69, 9.17) is 4.74 Å². The van der Waals surface area contributed by atoms with Crippen molar-refractivity contribution < 1.29 is 27.1 Å². The molecule has 36 heavy (non-hydrogen) atoms. The number of carbonyl (C=O) groups is 1. The summed E-state index contributed by atoms with van der Waals surface area (Å²) in [6.07, 6.45) is -2.60. The molecule has 0 bridgehead atoms. The summed E-state index contributed by atoms with van der Waals surface area (Å²) in [5.41, 5.74) is 2.48. The van der Waals surface area contributed by atoms with Gasteiger partial charge in [-0.05, 0) is 56.7 Å². The molecule has 10 heteroatoms. The fourth-order valence-corrected chi connectivity index (χ4v) is 4.84. The number of hydrogen-bond acceptors (Lipinski definition) is 5. The second-order valence-corrected chi connectivity index (χ2v) is 9.24. The Morgan fingerprint density at radius 3 is 2.36 bits per heavy atom. The van der Waals surface area contributed by atoms with Gasteiger partial charge in [0.2, 0.25) is 5.13 Å². The Hall–Kier alpha value is -3.79. The van der Waals surface area contributed by atoms with Crippen LogP contribution in [-0.2, 0) is 10.9 Å². The lowest BCUT2D eigenvalue weighted by atomic mass is 10.0. The maximum absolute atomic E-state index is 14.0. The van der Waals surface area contributed by atoms with Crippen molar-refractivity contribution in [3.63, 3.8) is 0 Å². The van der Waals surface area contributed by atoms with E-state index in [0.29, 0.717) is 38.1 Å². The minimum Gasteiger partial charge on any atom is -0.464 e. The van der Waals surface area contributed by atoms with Crippen LogP contribution in [0.3, 0.4) is 0 Å². The Labute approximate surface area is 208 Å². The topological polar surface area (TPSA) is 57.0 Å².